The third-order valence-corrected chi connectivity index (χ3v) is 5.17. The van der Waals surface area contributed by atoms with E-state index in [2.05, 4.69) is 10.4 Å². The number of alkyl halides is 3. The van der Waals surface area contributed by atoms with Gasteiger partial charge in [0.05, 0.1) is 17.8 Å². The lowest BCUT2D eigenvalue weighted by molar-refractivity contribution is -0.137. The van der Waals surface area contributed by atoms with Gasteiger partial charge in [-0.25, -0.2) is 4.79 Å². The van der Waals surface area contributed by atoms with Crippen LogP contribution >= 0.6 is 11.6 Å². The van der Waals surface area contributed by atoms with E-state index in [-0.39, 0.29) is 18.3 Å². The summed E-state index contributed by atoms with van der Waals surface area (Å²) in [6.07, 6.45) is -3.98. The number of aromatic nitrogens is 3. The average molecular weight is 481 g/mol. The third-order valence-electron chi connectivity index (χ3n) is 4.93. The molecule has 1 heterocycles. The van der Waals surface area contributed by atoms with E-state index in [1.807, 2.05) is 6.92 Å². The molecule has 0 spiro atoms. The molecule has 33 heavy (non-hydrogen) atoms. The fraction of sp³-hybridized carbons (Fsp3) is 0.273. The van der Waals surface area contributed by atoms with Crippen LogP contribution in [0.2, 0.25) is 5.02 Å². The van der Waals surface area contributed by atoms with Crippen molar-refractivity contribution in [2.24, 2.45) is 0 Å². The van der Waals surface area contributed by atoms with Crippen molar-refractivity contribution in [3.8, 4) is 5.69 Å². The van der Waals surface area contributed by atoms with Crippen LogP contribution in [0.5, 0.6) is 0 Å². The Labute approximate surface area is 191 Å². The van der Waals surface area contributed by atoms with Crippen LogP contribution in [0.15, 0.2) is 58.1 Å². The van der Waals surface area contributed by atoms with Gasteiger partial charge in [0.1, 0.15) is 0 Å². The molecule has 0 aliphatic carbocycles. The zero-order chi connectivity index (χ0) is 24.3. The van der Waals surface area contributed by atoms with Crippen LogP contribution in [0.3, 0.4) is 0 Å². The molecule has 0 bridgehead atoms. The molecule has 11 heteroatoms. The summed E-state index contributed by atoms with van der Waals surface area (Å²) >= 11 is 5.99. The molecular weight excluding hydrogens is 461 g/mol. The van der Waals surface area contributed by atoms with Crippen LogP contribution in [-0.2, 0) is 12.7 Å². The van der Waals surface area contributed by atoms with E-state index in [0.717, 1.165) is 33.5 Å². The Morgan fingerprint density at radius 3 is 2.39 bits per heavy atom. The zero-order valence-electron chi connectivity index (χ0n) is 17.7. The molecule has 174 valence electrons. The first-order chi connectivity index (χ1) is 15.5. The van der Waals surface area contributed by atoms with Crippen molar-refractivity contribution in [1.82, 2.24) is 19.7 Å². The molecule has 3 rings (SSSR count). The van der Waals surface area contributed by atoms with Gasteiger partial charge >= 0.3 is 11.9 Å². The minimum atomic E-state index is -4.57. The minimum absolute atomic E-state index is 0.0366. The van der Waals surface area contributed by atoms with Gasteiger partial charge in [0.25, 0.3) is 11.5 Å². The number of carbonyl (C=O) groups excluding carboxylic acids is 1. The Kier molecular flexibility index (Phi) is 7.06. The minimum Gasteiger partial charge on any atom is -0.348 e. The maximum atomic E-state index is 13.1. The average Bonchev–Trinajstić information content (AvgIpc) is 2.76. The van der Waals surface area contributed by atoms with Crippen molar-refractivity contribution in [3.05, 3.63) is 91.2 Å². The van der Waals surface area contributed by atoms with Crippen LogP contribution in [0, 0.1) is 0 Å². The van der Waals surface area contributed by atoms with Crippen LogP contribution in [0.25, 0.3) is 5.69 Å². The van der Waals surface area contributed by atoms with Crippen LogP contribution in [0.1, 0.15) is 41.9 Å². The van der Waals surface area contributed by atoms with E-state index in [1.54, 1.807) is 31.2 Å². The highest BCUT2D eigenvalue weighted by atomic mass is 35.5. The molecule has 0 saturated carbocycles. The lowest BCUT2D eigenvalue weighted by Gasteiger charge is -2.15. The molecule has 1 atom stereocenters. The van der Waals surface area contributed by atoms with Gasteiger partial charge < -0.3 is 5.32 Å². The van der Waals surface area contributed by atoms with Crippen molar-refractivity contribution < 1.29 is 18.0 Å². The molecule has 0 aliphatic rings. The maximum absolute atomic E-state index is 13.1. The number of benzene rings is 2. The Morgan fingerprint density at radius 2 is 1.82 bits per heavy atom. The first-order valence-corrected chi connectivity index (χ1v) is 10.4. The Hall–Kier alpha value is -3.40. The molecule has 1 aromatic heterocycles. The van der Waals surface area contributed by atoms with Crippen LogP contribution in [-0.4, -0.2) is 26.3 Å². The Balaban J connectivity index is 2.18. The van der Waals surface area contributed by atoms with Crippen molar-refractivity contribution in [2.45, 2.75) is 39.0 Å². The van der Waals surface area contributed by atoms with E-state index in [1.165, 1.54) is 0 Å². The van der Waals surface area contributed by atoms with Crippen molar-refractivity contribution in [3.63, 3.8) is 0 Å². The van der Waals surface area contributed by atoms with Crippen LogP contribution in [0.4, 0.5) is 13.2 Å². The summed E-state index contributed by atoms with van der Waals surface area (Å²) in [5.41, 5.74) is -2.84. The van der Waals surface area contributed by atoms with Gasteiger partial charge in [0.2, 0.25) is 5.69 Å². The molecule has 1 amide bonds. The van der Waals surface area contributed by atoms with E-state index >= 15 is 0 Å². The molecule has 0 saturated heterocycles. The second-order valence-electron chi connectivity index (χ2n) is 7.39. The van der Waals surface area contributed by atoms with E-state index < -0.39 is 34.6 Å². The molecular formula is C22H20ClF3N4O3. The fourth-order valence-electron chi connectivity index (χ4n) is 2.97. The molecule has 0 fully saturated rings. The highest BCUT2D eigenvalue weighted by Crippen LogP contribution is 2.29. The fourth-order valence-corrected chi connectivity index (χ4v) is 3.18. The third kappa shape index (κ3) is 5.51. The standard InChI is InChI=1S/C22H20ClF3N4O3/c1-3-13(2)27-19(31)18-20(32)29(12-14-5-4-6-16(23)11-14)21(33)30(28-18)17-9-7-15(8-10-17)22(24,25)26/h4-11,13H,3,12H2,1-2H3,(H,27,31). The molecule has 2 aromatic carbocycles. The summed E-state index contributed by atoms with van der Waals surface area (Å²) in [6.45, 7) is 3.35. The number of hydrogen-bond acceptors (Lipinski definition) is 4. The summed E-state index contributed by atoms with van der Waals surface area (Å²) < 4.78 is 40.3. The number of amides is 1. The number of nitrogens with one attached hydrogen (secondary N) is 1. The molecule has 7 nitrogen and oxygen atoms in total. The molecule has 0 radical (unpaired) electrons. The number of halogens is 4. The SMILES string of the molecule is CCC(C)NC(=O)c1nn(-c2ccc(C(F)(F)F)cc2)c(=O)n(Cc2cccc(Cl)c2)c1=O. The predicted molar refractivity (Wildman–Crippen MR) is 117 cm³/mol. The van der Waals surface area contributed by atoms with E-state index in [9.17, 15) is 27.6 Å². The molecule has 0 aliphatic heterocycles. The van der Waals surface area contributed by atoms with Crippen LogP contribution < -0.4 is 16.6 Å². The number of rotatable bonds is 6. The molecule has 1 unspecified atom stereocenters. The van der Waals surface area contributed by atoms with Gasteiger partial charge in [-0.15, -0.1) is 0 Å². The maximum Gasteiger partial charge on any atom is 0.416 e. The van der Waals surface area contributed by atoms with Crippen molar-refractivity contribution >= 4 is 17.5 Å². The highest BCUT2D eigenvalue weighted by Gasteiger charge is 2.30. The first kappa shape index (κ1) is 24.2. The van der Waals surface area contributed by atoms with Gasteiger partial charge in [-0.3, -0.25) is 14.2 Å². The van der Waals surface area contributed by atoms with Gasteiger partial charge in [-0.1, -0.05) is 30.7 Å². The van der Waals surface area contributed by atoms with Crippen molar-refractivity contribution in [2.75, 3.05) is 0 Å². The second kappa shape index (κ2) is 9.62. The van der Waals surface area contributed by atoms with E-state index in [0.29, 0.717) is 17.0 Å². The largest absolute Gasteiger partial charge is 0.416 e. The summed E-state index contributed by atoms with van der Waals surface area (Å²) in [6, 6.07) is 9.83. The predicted octanol–water partition coefficient (Wildman–Crippen LogP) is 3.64. The second-order valence-corrected chi connectivity index (χ2v) is 7.83. The molecule has 3 aromatic rings. The highest BCUT2D eigenvalue weighted by molar-refractivity contribution is 6.30. The van der Waals surface area contributed by atoms with Crippen molar-refractivity contribution in [1.29, 1.82) is 0 Å². The van der Waals surface area contributed by atoms with Gasteiger partial charge in [-0.2, -0.15) is 23.0 Å². The lowest BCUT2D eigenvalue weighted by Crippen LogP contribution is -2.47. The van der Waals surface area contributed by atoms with E-state index in [4.69, 9.17) is 11.6 Å². The van der Waals surface area contributed by atoms with Gasteiger partial charge in [0.15, 0.2) is 0 Å². The smallest absolute Gasteiger partial charge is 0.348 e. The summed E-state index contributed by atoms with van der Waals surface area (Å²) in [7, 11) is 0. The normalized spacial score (nSPS) is 12.4. The zero-order valence-corrected chi connectivity index (χ0v) is 18.4. The monoisotopic (exact) mass is 480 g/mol. The van der Waals surface area contributed by atoms with Gasteiger partial charge in [0, 0.05) is 11.1 Å². The number of carbonyl (C=O) groups is 1. The Bertz CT molecular complexity index is 1280. The number of hydrogen-bond donors (Lipinski definition) is 1. The summed E-state index contributed by atoms with van der Waals surface area (Å²) in [5.74, 6) is -0.796. The van der Waals surface area contributed by atoms with Gasteiger partial charge in [-0.05, 0) is 55.3 Å². The lowest BCUT2D eigenvalue weighted by atomic mass is 10.2. The Morgan fingerprint density at radius 1 is 1.15 bits per heavy atom. The first-order valence-electron chi connectivity index (χ1n) is 9.98. The number of nitrogens with zero attached hydrogens (tertiary/aromatic N) is 3. The topological polar surface area (TPSA) is 86.0 Å². The quantitative estimate of drug-likeness (QED) is 0.583. The summed E-state index contributed by atoms with van der Waals surface area (Å²) in [4.78, 5) is 38.8. The molecule has 1 N–H and O–H groups in total. The summed E-state index contributed by atoms with van der Waals surface area (Å²) in [5, 5.41) is 6.89.